The molecule has 0 aromatic heterocycles. The van der Waals surface area contributed by atoms with E-state index in [1.54, 1.807) is 0 Å². The van der Waals surface area contributed by atoms with E-state index in [0.29, 0.717) is 18.9 Å². The Labute approximate surface area is 127 Å². The molecule has 2 N–H and O–H groups in total. The Balaban J connectivity index is 0.00000200. The van der Waals surface area contributed by atoms with Crippen LogP contribution in [0.25, 0.3) is 0 Å². The zero-order chi connectivity index (χ0) is 13.7. The fraction of sp³-hybridized carbons (Fsp3) is 0.562. The SMILES string of the molecule is CCC(CC)CC(=O)NCc1ccc2c(c1)CNC2.Cl. The lowest BCUT2D eigenvalue weighted by molar-refractivity contribution is -0.122. The maximum absolute atomic E-state index is 11.9. The van der Waals surface area contributed by atoms with Crippen LogP contribution in [0.15, 0.2) is 18.2 Å². The van der Waals surface area contributed by atoms with Crippen LogP contribution in [0, 0.1) is 5.92 Å². The van der Waals surface area contributed by atoms with E-state index in [1.165, 1.54) is 16.7 Å². The average molecular weight is 297 g/mol. The van der Waals surface area contributed by atoms with Crippen LogP contribution in [0.2, 0.25) is 0 Å². The Bertz CT molecular complexity index is 444. The Morgan fingerprint density at radius 3 is 2.65 bits per heavy atom. The Morgan fingerprint density at radius 1 is 1.25 bits per heavy atom. The van der Waals surface area contributed by atoms with Gasteiger partial charge in [0.25, 0.3) is 0 Å². The molecule has 0 saturated carbocycles. The second-order valence-electron chi connectivity index (χ2n) is 5.37. The number of amides is 1. The van der Waals surface area contributed by atoms with Gasteiger partial charge in [-0.2, -0.15) is 0 Å². The lowest BCUT2D eigenvalue weighted by atomic mass is 9.99. The predicted octanol–water partition coefficient (Wildman–Crippen LogP) is 3.15. The molecule has 0 spiro atoms. The molecule has 1 aromatic rings. The highest BCUT2D eigenvalue weighted by atomic mass is 35.5. The number of nitrogens with one attached hydrogen (secondary N) is 2. The topological polar surface area (TPSA) is 41.1 Å². The summed E-state index contributed by atoms with van der Waals surface area (Å²) in [4.78, 5) is 11.9. The first-order chi connectivity index (χ1) is 9.22. The van der Waals surface area contributed by atoms with E-state index in [2.05, 4.69) is 42.7 Å². The van der Waals surface area contributed by atoms with Gasteiger partial charge in [-0.1, -0.05) is 44.9 Å². The van der Waals surface area contributed by atoms with Gasteiger partial charge in [0, 0.05) is 26.1 Å². The third-order valence-electron chi connectivity index (χ3n) is 4.02. The van der Waals surface area contributed by atoms with Crippen molar-refractivity contribution < 1.29 is 4.79 Å². The van der Waals surface area contributed by atoms with Crippen LogP contribution in [0.5, 0.6) is 0 Å². The number of halogens is 1. The number of hydrogen-bond donors (Lipinski definition) is 2. The molecule has 1 aromatic carbocycles. The summed E-state index contributed by atoms with van der Waals surface area (Å²) in [6.45, 7) is 6.86. The molecular formula is C16H25ClN2O. The number of carbonyl (C=O) groups excluding carboxylic acids is 1. The minimum atomic E-state index is 0. The molecule has 0 saturated heterocycles. The quantitative estimate of drug-likeness (QED) is 0.847. The van der Waals surface area contributed by atoms with Crippen LogP contribution < -0.4 is 10.6 Å². The predicted molar refractivity (Wildman–Crippen MR) is 84.8 cm³/mol. The first-order valence-electron chi connectivity index (χ1n) is 7.31. The highest BCUT2D eigenvalue weighted by Gasteiger charge is 2.12. The molecular weight excluding hydrogens is 272 g/mol. The summed E-state index contributed by atoms with van der Waals surface area (Å²) in [5.41, 5.74) is 3.94. The fourth-order valence-corrected chi connectivity index (χ4v) is 2.57. The first-order valence-corrected chi connectivity index (χ1v) is 7.31. The molecule has 1 amide bonds. The monoisotopic (exact) mass is 296 g/mol. The summed E-state index contributed by atoms with van der Waals surface area (Å²) < 4.78 is 0. The molecule has 4 heteroatoms. The highest BCUT2D eigenvalue weighted by molar-refractivity contribution is 5.85. The van der Waals surface area contributed by atoms with Gasteiger partial charge in [0.1, 0.15) is 0 Å². The van der Waals surface area contributed by atoms with Gasteiger partial charge >= 0.3 is 0 Å². The van der Waals surface area contributed by atoms with Crippen molar-refractivity contribution in [2.75, 3.05) is 0 Å². The van der Waals surface area contributed by atoms with Crippen molar-refractivity contribution in [3.8, 4) is 0 Å². The first kappa shape index (κ1) is 17.0. The molecule has 1 aliphatic heterocycles. The number of rotatable bonds is 6. The van der Waals surface area contributed by atoms with E-state index in [9.17, 15) is 4.79 Å². The van der Waals surface area contributed by atoms with E-state index >= 15 is 0 Å². The highest BCUT2D eigenvalue weighted by Crippen LogP contribution is 2.17. The summed E-state index contributed by atoms with van der Waals surface area (Å²) in [6, 6.07) is 6.48. The molecule has 0 fully saturated rings. The lowest BCUT2D eigenvalue weighted by Gasteiger charge is -2.12. The van der Waals surface area contributed by atoms with Gasteiger partial charge in [-0.3, -0.25) is 4.79 Å². The van der Waals surface area contributed by atoms with E-state index in [0.717, 1.165) is 25.9 Å². The number of benzene rings is 1. The summed E-state index contributed by atoms with van der Waals surface area (Å²) in [5.74, 6) is 0.691. The van der Waals surface area contributed by atoms with Crippen LogP contribution >= 0.6 is 12.4 Å². The number of hydrogen-bond acceptors (Lipinski definition) is 2. The van der Waals surface area contributed by atoms with Crippen molar-refractivity contribution >= 4 is 18.3 Å². The van der Waals surface area contributed by atoms with Gasteiger partial charge in [-0.25, -0.2) is 0 Å². The number of carbonyl (C=O) groups is 1. The Morgan fingerprint density at radius 2 is 1.95 bits per heavy atom. The van der Waals surface area contributed by atoms with Crippen LogP contribution in [0.3, 0.4) is 0 Å². The van der Waals surface area contributed by atoms with Gasteiger partial charge in [0.2, 0.25) is 5.91 Å². The third-order valence-corrected chi connectivity index (χ3v) is 4.02. The van der Waals surface area contributed by atoms with Crippen molar-refractivity contribution in [3.63, 3.8) is 0 Å². The van der Waals surface area contributed by atoms with Crippen LogP contribution in [-0.4, -0.2) is 5.91 Å². The molecule has 20 heavy (non-hydrogen) atoms. The summed E-state index contributed by atoms with van der Waals surface area (Å²) in [6.07, 6.45) is 2.81. The zero-order valence-electron chi connectivity index (χ0n) is 12.4. The van der Waals surface area contributed by atoms with Crippen LogP contribution in [0.1, 0.15) is 49.8 Å². The minimum Gasteiger partial charge on any atom is -0.352 e. The van der Waals surface area contributed by atoms with Gasteiger partial charge in [-0.15, -0.1) is 12.4 Å². The molecule has 0 radical (unpaired) electrons. The second-order valence-corrected chi connectivity index (χ2v) is 5.37. The van der Waals surface area contributed by atoms with Gasteiger partial charge < -0.3 is 10.6 Å². The van der Waals surface area contributed by atoms with E-state index < -0.39 is 0 Å². The van der Waals surface area contributed by atoms with Crippen molar-refractivity contribution in [3.05, 3.63) is 34.9 Å². The van der Waals surface area contributed by atoms with Gasteiger partial charge in [-0.05, 0) is 22.6 Å². The molecule has 112 valence electrons. The van der Waals surface area contributed by atoms with E-state index in [4.69, 9.17) is 0 Å². The van der Waals surface area contributed by atoms with Crippen molar-refractivity contribution in [2.45, 2.75) is 52.7 Å². The molecule has 1 heterocycles. The second kappa shape index (κ2) is 8.28. The van der Waals surface area contributed by atoms with E-state index in [1.807, 2.05) is 0 Å². The standard InChI is InChI=1S/C16H24N2O.ClH/c1-3-12(4-2)8-16(19)18-9-13-5-6-14-10-17-11-15(14)7-13;/h5-7,12,17H,3-4,8-11H2,1-2H3,(H,18,19);1H. The Hall–Kier alpha value is -1.06. The maximum Gasteiger partial charge on any atom is 0.220 e. The van der Waals surface area contributed by atoms with Crippen molar-refractivity contribution in [1.82, 2.24) is 10.6 Å². The summed E-state index contributed by atoms with van der Waals surface area (Å²) in [5, 5.41) is 6.36. The zero-order valence-corrected chi connectivity index (χ0v) is 13.2. The maximum atomic E-state index is 11.9. The molecule has 0 aliphatic carbocycles. The minimum absolute atomic E-state index is 0. The van der Waals surface area contributed by atoms with Gasteiger partial charge in [0.15, 0.2) is 0 Å². The normalized spacial score (nSPS) is 12.9. The van der Waals surface area contributed by atoms with Crippen LogP contribution in [0.4, 0.5) is 0 Å². The molecule has 3 nitrogen and oxygen atoms in total. The smallest absolute Gasteiger partial charge is 0.220 e. The van der Waals surface area contributed by atoms with Crippen molar-refractivity contribution in [2.24, 2.45) is 5.92 Å². The van der Waals surface area contributed by atoms with E-state index in [-0.39, 0.29) is 18.3 Å². The lowest BCUT2D eigenvalue weighted by Crippen LogP contribution is -2.24. The Kier molecular flexibility index (Phi) is 7.03. The largest absolute Gasteiger partial charge is 0.352 e. The number of fused-ring (bicyclic) bond motifs is 1. The third kappa shape index (κ3) is 4.50. The average Bonchev–Trinajstić information content (AvgIpc) is 2.89. The van der Waals surface area contributed by atoms with Crippen LogP contribution in [-0.2, 0) is 24.4 Å². The molecule has 0 unspecified atom stereocenters. The summed E-state index contributed by atoms with van der Waals surface area (Å²) >= 11 is 0. The summed E-state index contributed by atoms with van der Waals surface area (Å²) in [7, 11) is 0. The fourth-order valence-electron chi connectivity index (χ4n) is 2.57. The molecule has 2 rings (SSSR count). The molecule has 0 atom stereocenters. The van der Waals surface area contributed by atoms with Gasteiger partial charge in [0.05, 0.1) is 0 Å². The van der Waals surface area contributed by atoms with Crippen molar-refractivity contribution in [1.29, 1.82) is 0 Å². The molecule has 1 aliphatic rings. The molecule has 0 bridgehead atoms.